The van der Waals surface area contributed by atoms with Gasteiger partial charge < -0.3 is 0 Å². The molecule has 0 spiro atoms. The van der Waals surface area contributed by atoms with E-state index >= 15 is 0 Å². The van der Waals surface area contributed by atoms with E-state index in [1.165, 1.54) is 33.6 Å². The number of aryl methyl sites for hydroxylation is 2. The summed E-state index contributed by atoms with van der Waals surface area (Å²) in [5, 5.41) is 11.7. The number of thioether (sulfide) groups is 1. The zero-order valence-corrected chi connectivity index (χ0v) is 20.4. The van der Waals surface area contributed by atoms with Crippen LogP contribution in [0.5, 0.6) is 0 Å². The predicted octanol–water partition coefficient (Wildman–Crippen LogP) is 6.76. The van der Waals surface area contributed by atoms with Crippen molar-refractivity contribution in [2.24, 2.45) is 0 Å². The Balaban J connectivity index is 1.67. The fourth-order valence-electron chi connectivity index (χ4n) is 2.92. The Bertz CT molecular complexity index is 1020. The van der Waals surface area contributed by atoms with Crippen molar-refractivity contribution in [2.45, 2.75) is 50.1 Å². The first-order valence-corrected chi connectivity index (χ1v) is 11.9. The first-order valence-electron chi connectivity index (χ1n) is 9.28. The number of carbonyl (C=O) groups excluding carboxylic acids is 1. The molecule has 0 saturated heterocycles. The van der Waals surface area contributed by atoms with Crippen molar-refractivity contribution in [3.8, 4) is 0 Å². The van der Waals surface area contributed by atoms with Gasteiger partial charge in [0.25, 0.3) is 5.91 Å². The smallest absolute Gasteiger partial charge is 0.258 e. The normalized spacial score (nSPS) is 11.5. The predicted molar refractivity (Wildman–Crippen MR) is 126 cm³/mol. The van der Waals surface area contributed by atoms with Gasteiger partial charge in [0.15, 0.2) is 4.34 Å². The van der Waals surface area contributed by atoms with E-state index in [0.29, 0.717) is 10.7 Å². The highest BCUT2D eigenvalue weighted by atomic mass is 79.9. The lowest BCUT2D eigenvalue weighted by atomic mass is 9.84. The van der Waals surface area contributed by atoms with Crippen LogP contribution in [0.25, 0.3) is 0 Å². The number of nitrogens with zero attached hydrogens (tertiary/aromatic N) is 2. The lowest BCUT2D eigenvalue weighted by Gasteiger charge is -2.22. The third-order valence-corrected chi connectivity index (χ3v) is 7.34. The van der Waals surface area contributed by atoms with E-state index in [0.717, 1.165) is 14.6 Å². The van der Waals surface area contributed by atoms with Crippen LogP contribution in [0.2, 0.25) is 0 Å². The average molecular weight is 490 g/mol. The number of benzene rings is 2. The minimum Gasteiger partial charge on any atom is -0.296 e. The summed E-state index contributed by atoms with van der Waals surface area (Å²) in [5.74, 6) is 0.629. The molecule has 0 unspecified atom stereocenters. The summed E-state index contributed by atoms with van der Waals surface area (Å²) in [6.45, 7) is 11.0. The lowest BCUT2D eigenvalue weighted by molar-refractivity contribution is 0.102. The Labute approximate surface area is 188 Å². The molecule has 0 aliphatic heterocycles. The maximum absolute atomic E-state index is 12.4. The van der Waals surface area contributed by atoms with Crippen molar-refractivity contribution in [3.05, 3.63) is 68.7 Å². The van der Waals surface area contributed by atoms with Gasteiger partial charge in [0.2, 0.25) is 5.13 Å². The van der Waals surface area contributed by atoms with Gasteiger partial charge in [-0.25, -0.2) is 0 Å². The van der Waals surface area contributed by atoms with Gasteiger partial charge in [0, 0.05) is 10.2 Å². The molecule has 0 aliphatic rings. The topological polar surface area (TPSA) is 54.9 Å². The zero-order chi connectivity index (χ0) is 21.2. The molecule has 0 fully saturated rings. The van der Waals surface area contributed by atoms with E-state index in [4.69, 9.17) is 0 Å². The van der Waals surface area contributed by atoms with Crippen molar-refractivity contribution in [1.29, 1.82) is 0 Å². The zero-order valence-electron chi connectivity index (χ0n) is 17.2. The monoisotopic (exact) mass is 489 g/mol. The second-order valence-corrected chi connectivity index (χ2v) is 11.0. The molecule has 3 aromatic rings. The number of halogens is 1. The van der Waals surface area contributed by atoms with Crippen LogP contribution in [0.3, 0.4) is 0 Å². The van der Waals surface area contributed by atoms with Crippen LogP contribution in [0.1, 0.15) is 53.4 Å². The van der Waals surface area contributed by atoms with E-state index in [9.17, 15) is 4.79 Å². The largest absolute Gasteiger partial charge is 0.296 e. The van der Waals surface area contributed by atoms with Gasteiger partial charge in [0.05, 0.1) is 5.56 Å². The minimum absolute atomic E-state index is 0.140. The molecule has 152 valence electrons. The molecule has 0 aliphatic carbocycles. The van der Waals surface area contributed by atoms with E-state index in [-0.39, 0.29) is 11.3 Å². The molecule has 1 N–H and O–H groups in total. The van der Waals surface area contributed by atoms with Crippen molar-refractivity contribution in [3.63, 3.8) is 0 Å². The number of anilines is 1. The van der Waals surface area contributed by atoms with Gasteiger partial charge >= 0.3 is 0 Å². The second kappa shape index (κ2) is 8.98. The highest BCUT2D eigenvalue weighted by Gasteiger charge is 2.17. The molecule has 7 heteroatoms. The molecule has 2 aromatic carbocycles. The van der Waals surface area contributed by atoms with Gasteiger partial charge in [-0.15, -0.1) is 10.2 Å². The summed E-state index contributed by atoms with van der Waals surface area (Å²) in [6.07, 6.45) is 0. The Morgan fingerprint density at radius 2 is 1.79 bits per heavy atom. The third kappa shape index (κ3) is 5.47. The summed E-state index contributed by atoms with van der Waals surface area (Å²) < 4.78 is 1.59. The first-order chi connectivity index (χ1) is 13.6. The lowest BCUT2D eigenvalue weighted by Crippen LogP contribution is -2.12. The fraction of sp³-hybridized carbons (Fsp3) is 0.318. The Morgan fingerprint density at radius 3 is 2.41 bits per heavy atom. The number of amides is 1. The van der Waals surface area contributed by atoms with Crippen LogP contribution >= 0.6 is 39.0 Å². The number of aromatic nitrogens is 2. The van der Waals surface area contributed by atoms with Gasteiger partial charge in [-0.05, 0) is 69.6 Å². The minimum atomic E-state index is -0.199. The van der Waals surface area contributed by atoms with Crippen LogP contribution in [0, 0.1) is 13.8 Å². The van der Waals surface area contributed by atoms with Crippen molar-refractivity contribution < 1.29 is 4.79 Å². The highest BCUT2D eigenvalue weighted by molar-refractivity contribution is 9.10. The van der Waals surface area contributed by atoms with Crippen molar-refractivity contribution in [1.82, 2.24) is 10.2 Å². The summed E-state index contributed by atoms with van der Waals surface area (Å²) in [4.78, 5) is 12.4. The van der Waals surface area contributed by atoms with Crippen LogP contribution in [0.15, 0.2) is 45.2 Å². The molecule has 4 nitrogen and oxygen atoms in total. The highest BCUT2D eigenvalue weighted by Crippen LogP contribution is 2.33. The molecular formula is C22H24BrN3OS2. The van der Waals surface area contributed by atoms with Crippen LogP contribution < -0.4 is 5.32 Å². The molecular weight excluding hydrogens is 466 g/mol. The number of nitrogens with one attached hydrogen (secondary N) is 1. The van der Waals surface area contributed by atoms with E-state index < -0.39 is 0 Å². The van der Waals surface area contributed by atoms with Gasteiger partial charge in [-0.3, -0.25) is 10.1 Å². The van der Waals surface area contributed by atoms with Gasteiger partial charge in [0.1, 0.15) is 0 Å². The van der Waals surface area contributed by atoms with E-state index in [2.05, 4.69) is 78.2 Å². The molecule has 0 bridgehead atoms. The molecule has 1 amide bonds. The molecule has 1 heterocycles. The third-order valence-electron chi connectivity index (χ3n) is 4.65. The number of carbonyl (C=O) groups is 1. The molecule has 1 aromatic heterocycles. The fourth-order valence-corrected chi connectivity index (χ4v) is 5.32. The maximum atomic E-state index is 12.4. The quantitative estimate of drug-likeness (QED) is 0.317. The standard InChI is InChI=1S/C22H24BrN3OS2/c1-13-10-15(22(3,4)5)11-14(2)17(13)12-28-21-26-25-20(29-21)24-19(27)16-8-6-7-9-18(16)23/h6-11H,12H2,1-5H3,(H,24,25,27). The molecule has 0 radical (unpaired) electrons. The van der Waals surface area contributed by atoms with E-state index in [1.807, 2.05) is 18.2 Å². The number of hydrogen-bond acceptors (Lipinski definition) is 5. The summed E-state index contributed by atoms with van der Waals surface area (Å²) >= 11 is 6.44. The Kier molecular flexibility index (Phi) is 6.81. The second-order valence-electron chi connectivity index (χ2n) is 7.93. The SMILES string of the molecule is Cc1cc(C(C)(C)C)cc(C)c1CSc1nnc(NC(=O)c2ccccc2Br)s1. The molecule has 3 rings (SSSR count). The summed E-state index contributed by atoms with van der Waals surface area (Å²) in [7, 11) is 0. The van der Waals surface area contributed by atoms with Crippen LogP contribution in [-0.2, 0) is 11.2 Å². The Hall–Kier alpha value is -1.70. The number of rotatable bonds is 5. The van der Waals surface area contributed by atoms with Crippen LogP contribution in [-0.4, -0.2) is 16.1 Å². The summed E-state index contributed by atoms with van der Waals surface area (Å²) in [5.41, 5.74) is 6.00. The van der Waals surface area contributed by atoms with Gasteiger partial charge in [-0.2, -0.15) is 0 Å². The Morgan fingerprint density at radius 1 is 1.14 bits per heavy atom. The maximum Gasteiger partial charge on any atom is 0.258 e. The first kappa shape index (κ1) is 22.0. The average Bonchev–Trinajstić information content (AvgIpc) is 3.07. The summed E-state index contributed by atoms with van der Waals surface area (Å²) in [6, 6.07) is 11.9. The number of hydrogen-bond donors (Lipinski definition) is 1. The van der Waals surface area contributed by atoms with Gasteiger partial charge in [-0.1, -0.05) is 68.1 Å². The van der Waals surface area contributed by atoms with Crippen molar-refractivity contribution >= 4 is 50.1 Å². The molecule has 0 atom stereocenters. The van der Waals surface area contributed by atoms with E-state index in [1.54, 1.807) is 17.8 Å². The molecule has 0 saturated carbocycles. The molecule has 29 heavy (non-hydrogen) atoms. The van der Waals surface area contributed by atoms with Crippen molar-refractivity contribution in [2.75, 3.05) is 5.32 Å². The van der Waals surface area contributed by atoms with Crippen LogP contribution in [0.4, 0.5) is 5.13 Å².